The summed E-state index contributed by atoms with van der Waals surface area (Å²) in [5.41, 5.74) is 0.242. The third-order valence-corrected chi connectivity index (χ3v) is 4.43. The second-order valence-corrected chi connectivity index (χ2v) is 6.56. The molecule has 3 heteroatoms. The van der Waals surface area contributed by atoms with E-state index in [9.17, 15) is 0 Å². The molecule has 112 valence electrons. The molecule has 0 aromatic carbocycles. The van der Waals surface area contributed by atoms with Crippen molar-refractivity contribution in [1.29, 1.82) is 0 Å². The standard InChI is InChI=1S/C16H31NO2/c1-14(2)17-11-6-12-18-13-15-7-10-16(19-15)8-4-3-5-9-16/h14-15,17H,3-13H2,1-2H3. The maximum atomic E-state index is 6.29. The quantitative estimate of drug-likeness (QED) is 0.720. The van der Waals surface area contributed by atoms with E-state index >= 15 is 0 Å². The average molecular weight is 269 g/mol. The van der Waals surface area contributed by atoms with Gasteiger partial charge in [-0.1, -0.05) is 33.1 Å². The summed E-state index contributed by atoms with van der Waals surface area (Å²) >= 11 is 0. The van der Waals surface area contributed by atoms with Crippen LogP contribution in [-0.4, -0.2) is 37.5 Å². The molecule has 2 aliphatic rings. The molecule has 1 aliphatic carbocycles. The Morgan fingerprint density at radius 2 is 2.00 bits per heavy atom. The number of ether oxygens (including phenoxy) is 2. The SMILES string of the molecule is CC(C)NCCCOCC1CCC2(CCCCC2)O1. The molecule has 3 nitrogen and oxygen atoms in total. The number of nitrogens with one attached hydrogen (secondary N) is 1. The molecular formula is C16H31NO2. The molecule has 1 heterocycles. The predicted octanol–water partition coefficient (Wildman–Crippen LogP) is 3.27. The Morgan fingerprint density at radius 3 is 2.74 bits per heavy atom. The zero-order chi connectivity index (χ0) is 13.6. The molecule has 0 aromatic rings. The Balaban J connectivity index is 1.53. The van der Waals surface area contributed by atoms with E-state index in [0.717, 1.165) is 26.2 Å². The van der Waals surface area contributed by atoms with Crippen LogP contribution in [0.3, 0.4) is 0 Å². The van der Waals surface area contributed by atoms with Crippen LogP contribution < -0.4 is 5.32 Å². The Hall–Kier alpha value is -0.120. The van der Waals surface area contributed by atoms with E-state index < -0.39 is 0 Å². The highest BCUT2D eigenvalue weighted by Crippen LogP contribution is 2.41. The van der Waals surface area contributed by atoms with Crippen LogP contribution >= 0.6 is 0 Å². The maximum absolute atomic E-state index is 6.29. The van der Waals surface area contributed by atoms with Gasteiger partial charge in [-0.15, -0.1) is 0 Å². The normalized spacial score (nSPS) is 26.4. The van der Waals surface area contributed by atoms with E-state index in [4.69, 9.17) is 9.47 Å². The van der Waals surface area contributed by atoms with Crippen molar-refractivity contribution in [1.82, 2.24) is 5.32 Å². The predicted molar refractivity (Wildman–Crippen MR) is 78.5 cm³/mol. The van der Waals surface area contributed by atoms with Gasteiger partial charge in [0.1, 0.15) is 0 Å². The van der Waals surface area contributed by atoms with E-state index in [2.05, 4.69) is 19.2 Å². The lowest BCUT2D eigenvalue weighted by Gasteiger charge is -2.33. The highest BCUT2D eigenvalue weighted by molar-refractivity contribution is 4.91. The fourth-order valence-corrected chi connectivity index (χ4v) is 3.36. The fraction of sp³-hybridized carbons (Fsp3) is 1.00. The van der Waals surface area contributed by atoms with Gasteiger partial charge in [-0.25, -0.2) is 0 Å². The van der Waals surface area contributed by atoms with E-state index in [-0.39, 0.29) is 5.60 Å². The van der Waals surface area contributed by atoms with Crippen molar-refractivity contribution in [2.24, 2.45) is 0 Å². The van der Waals surface area contributed by atoms with E-state index in [1.54, 1.807) is 0 Å². The lowest BCUT2D eigenvalue weighted by molar-refractivity contribution is -0.0879. The first-order valence-electron chi connectivity index (χ1n) is 8.19. The van der Waals surface area contributed by atoms with Crippen LogP contribution in [0.5, 0.6) is 0 Å². The molecule has 1 unspecified atom stereocenters. The third kappa shape index (κ3) is 5.05. The molecule has 1 saturated heterocycles. The van der Waals surface area contributed by atoms with Gasteiger partial charge in [0.15, 0.2) is 0 Å². The number of rotatable bonds is 7. The van der Waals surface area contributed by atoms with Gasteiger partial charge >= 0.3 is 0 Å². The Morgan fingerprint density at radius 1 is 1.21 bits per heavy atom. The molecule has 0 aromatic heterocycles. The summed E-state index contributed by atoms with van der Waals surface area (Å²) in [6.45, 7) is 7.05. The summed E-state index contributed by atoms with van der Waals surface area (Å²) in [6.07, 6.45) is 10.6. The van der Waals surface area contributed by atoms with Gasteiger partial charge in [0, 0.05) is 12.6 Å². The van der Waals surface area contributed by atoms with Crippen molar-refractivity contribution in [2.45, 2.75) is 83.0 Å². The summed E-state index contributed by atoms with van der Waals surface area (Å²) in [7, 11) is 0. The van der Waals surface area contributed by atoms with Gasteiger partial charge in [-0.2, -0.15) is 0 Å². The van der Waals surface area contributed by atoms with E-state index in [1.165, 1.54) is 44.9 Å². The van der Waals surface area contributed by atoms with E-state index in [0.29, 0.717) is 12.1 Å². The van der Waals surface area contributed by atoms with Gasteiger partial charge in [-0.3, -0.25) is 0 Å². The fourth-order valence-electron chi connectivity index (χ4n) is 3.36. The molecular weight excluding hydrogens is 238 g/mol. The lowest BCUT2D eigenvalue weighted by atomic mass is 9.83. The highest BCUT2D eigenvalue weighted by atomic mass is 16.6. The smallest absolute Gasteiger partial charge is 0.0817 e. The molecule has 2 rings (SSSR count). The first-order chi connectivity index (χ1) is 9.20. The van der Waals surface area contributed by atoms with Crippen molar-refractivity contribution in [2.75, 3.05) is 19.8 Å². The Labute approximate surface area is 118 Å². The molecule has 19 heavy (non-hydrogen) atoms. The van der Waals surface area contributed by atoms with Crippen molar-refractivity contribution >= 4 is 0 Å². The van der Waals surface area contributed by atoms with Gasteiger partial charge in [-0.05, 0) is 38.6 Å². The van der Waals surface area contributed by atoms with Crippen LogP contribution in [0.4, 0.5) is 0 Å². The first-order valence-corrected chi connectivity index (χ1v) is 8.19. The van der Waals surface area contributed by atoms with Crippen LogP contribution in [0, 0.1) is 0 Å². The average Bonchev–Trinajstić information content (AvgIpc) is 2.77. The first kappa shape index (κ1) is 15.3. The Kier molecular flexibility index (Phi) is 6.11. The minimum Gasteiger partial charge on any atom is -0.379 e. The molecule has 1 N–H and O–H groups in total. The minimum atomic E-state index is 0.242. The number of hydrogen-bond acceptors (Lipinski definition) is 3. The molecule has 2 fully saturated rings. The highest BCUT2D eigenvalue weighted by Gasteiger charge is 2.40. The van der Waals surface area contributed by atoms with Crippen molar-refractivity contribution < 1.29 is 9.47 Å². The molecule has 1 atom stereocenters. The van der Waals surface area contributed by atoms with Crippen LogP contribution in [-0.2, 0) is 9.47 Å². The topological polar surface area (TPSA) is 30.5 Å². The molecule has 1 saturated carbocycles. The van der Waals surface area contributed by atoms with Crippen LogP contribution in [0.2, 0.25) is 0 Å². The third-order valence-electron chi connectivity index (χ3n) is 4.43. The zero-order valence-corrected chi connectivity index (χ0v) is 12.7. The molecule has 1 aliphatic heterocycles. The van der Waals surface area contributed by atoms with Crippen LogP contribution in [0.1, 0.15) is 65.2 Å². The molecule has 0 bridgehead atoms. The maximum Gasteiger partial charge on any atom is 0.0817 e. The van der Waals surface area contributed by atoms with E-state index in [1.807, 2.05) is 0 Å². The zero-order valence-electron chi connectivity index (χ0n) is 12.7. The summed E-state index contributed by atoms with van der Waals surface area (Å²) in [5.74, 6) is 0. The van der Waals surface area contributed by atoms with Gasteiger partial charge in [0.05, 0.1) is 18.3 Å². The van der Waals surface area contributed by atoms with Gasteiger partial charge < -0.3 is 14.8 Å². The minimum absolute atomic E-state index is 0.242. The molecule has 0 radical (unpaired) electrons. The van der Waals surface area contributed by atoms with Crippen molar-refractivity contribution in [3.8, 4) is 0 Å². The van der Waals surface area contributed by atoms with Gasteiger partial charge in [0.2, 0.25) is 0 Å². The van der Waals surface area contributed by atoms with Crippen LogP contribution in [0.15, 0.2) is 0 Å². The number of hydrogen-bond donors (Lipinski definition) is 1. The van der Waals surface area contributed by atoms with Crippen molar-refractivity contribution in [3.63, 3.8) is 0 Å². The molecule has 0 amide bonds. The Bertz CT molecular complexity index is 249. The summed E-state index contributed by atoms with van der Waals surface area (Å²) in [4.78, 5) is 0. The summed E-state index contributed by atoms with van der Waals surface area (Å²) in [5, 5.41) is 3.41. The summed E-state index contributed by atoms with van der Waals surface area (Å²) < 4.78 is 12.1. The lowest BCUT2D eigenvalue weighted by Crippen LogP contribution is -2.32. The second-order valence-electron chi connectivity index (χ2n) is 6.56. The summed E-state index contributed by atoms with van der Waals surface area (Å²) in [6, 6.07) is 0.573. The van der Waals surface area contributed by atoms with Gasteiger partial charge in [0.25, 0.3) is 0 Å². The largest absolute Gasteiger partial charge is 0.379 e. The second kappa shape index (κ2) is 7.61. The monoisotopic (exact) mass is 269 g/mol. The van der Waals surface area contributed by atoms with Crippen molar-refractivity contribution in [3.05, 3.63) is 0 Å². The molecule has 1 spiro atoms. The van der Waals surface area contributed by atoms with Crippen LogP contribution in [0.25, 0.3) is 0 Å².